The number of hydrogen-bond acceptors (Lipinski definition) is 2. The van der Waals surface area contributed by atoms with E-state index in [1.165, 1.54) is 19.3 Å². The number of allylic oxidation sites excluding steroid dienone is 3. The van der Waals surface area contributed by atoms with Gasteiger partial charge in [-0.15, -0.1) is 5.73 Å². The summed E-state index contributed by atoms with van der Waals surface area (Å²) < 4.78 is 5.49. The molecule has 0 aromatic carbocycles. The molecule has 2 saturated carbocycles. The minimum Gasteiger partial charge on any atom is -0.501 e. The lowest BCUT2D eigenvalue weighted by molar-refractivity contribution is -0.0765. The number of fused-ring (bicyclic) bond motifs is 4. The minimum absolute atomic E-state index is 0.000877. The average molecular weight is 326 g/mol. The van der Waals surface area contributed by atoms with E-state index in [0.717, 1.165) is 49.7 Å². The third-order valence-electron chi connectivity index (χ3n) is 7.87. The standard InChI is InChI=1S/C22H30O2/c1-4-11-22(23)13-10-20-19-7-5-15-14-16(24-3)6-8-17(15)18(19)9-12-21(20,22)2/h6,11,18-20,23H,1,5,7-10,12-14H2,2-3H3/t18-,19-,20+,21+,22+/m1/s1. The fourth-order valence-corrected chi connectivity index (χ4v) is 6.50. The molecule has 0 aliphatic heterocycles. The Morgan fingerprint density at radius 3 is 2.92 bits per heavy atom. The van der Waals surface area contributed by atoms with Gasteiger partial charge in [0.15, 0.2) is 0 Å². The van der Waals surface area contributed by atoms with E-state index in [0.29, 0.717) is 5.92 Å². The van der Waals surface area contributed by atoms with Gasteiger partial charge in [0.25, 0.3) is 0 Å². The van der Waals surface area contributed by atoms with E-state index in [-0.39, 0.29) is 5.41 Å². The number of ether oxygens (including phenoxy) is 1. The van der Waals surface area contributed by atoms with E-state index in [1.807, 2.05) is 6.08 Å². The van der Waals surface area contributed by atoms with E-state index in [9.17, 15) is 5.11 Å². The molecule has 4 rings (SSSR count). The monoisotopic (exact) mass is 326 g/mol. The summed E-state index contributed by atoms with van der Waals surface area (Å²) in [6, 6.07) is 0. The van der Waals surface area contributed by atoms with Gasteiger partial charge in [0, 0.05) is 11.8 Å². The number of methoxy groups -OCH3 is 1. The molecule has 0 heterocycles. The molecular weight excluding hydrogens is 296 g/mol. The summed E-state index contributed by atoms with van der Waals surface area (Å²) in [5.74, 6) is 3.26. The van der Waals surface area contributed by atoms with Gasteiger partial charge < -0.3 is 9.84 Å². The Labute approximate surface area is 146 Å². The van der Waals surface area contributed by atoms with Gasteiger partial charge in [-0.1, -0.05) is 24.6 Å². The van der Waals surface area contributed by atoms with E-state index in [1.54, 1.807) is 18.3 Å². The second-order valence-electron chi connectivity index (χ2n) is 8.57. The summed E-state index contributed by atoms with van der Waals surface area (Å²) >= 11 is 0. The normalized spacial score (nSPS) is 44.0. The highest BCUT2D eigenvalue weighted by Gasteiger charge is 2.60. The first-order valence-electron chi connectivity index (χ1n) is 9.55. The maximum absolute atomic E-state index is 11.2. The molecule has 0 unspecified atom stereocenters. The Balaban J connectivity index is 1.63. The van der Waals surface area contributed by atoms with Crippen LogP contribution in [0.2, 0.25) is 0 Å². The highest BCUT2D eigenvalue weighted by Crippen LogP contribution is 2.64. The molecule has 24 heavy (non-hydrogen) atoms. The second kappa shape index (κ2) is 5.64. The van der Waals surface area contributed by atoms with Gasteiger partial charge in [-0.2, -0.15) is 0 Å². The van der Waals surface area contributed by atoms with Crippen LogP contribution in [0.25, 0.3) is 0 Å². The van der Waals surface area contributed by atoms with Crippen molar-refractivity contribution in [2.45, 2.75) is 63.9 Å². The zero-order valence-electron chi connectivity index (χ0n) is 15.1. The molecular formula is C22H30O2. The maximum atomic E-state index is 11.2. The first-order chi connectivity index (χ1) is 11.5. The fraction of sp³-hybridized carbons (Fsp3) is 0.682. The molecule has 130 valence electrons. The molecule has 0 amide bonds. The number of aliphatic hydroxyl groups is 1. The highest BCUT2D eigenvalue weighted by atomic mass is 16.5. The molecule has 2 heteroatoms. The van der Waals surface area contributed by atoms with Crippen molar-refractivity contribution in [3.63, 3.8) is 0 Å². The molecule has 0 aromatic rings. The maximum Gasteiger partial charge on any atom is 0.0959 e. The van der Waals surface area contributed by atoms with Gasteiger partial charge in [0.2, 0.25) is 0 Å². The molecule has 0 radical (unpaired) electrons. The summed E-state index contributed by atoms with van der Waals surface area (Å²) in [4.78, 5) is 0. The van der Waals surface area contributed by atoms with Gasteiger partial charge in [-0.3, -0.25) is 0 Å². The van der Waals surface area contributed by atoms with Crippen LogP contribution in [-0.4, -0.2) is 17.8 Å². The first kappa shape index (κ1) is 16.2. The van der Waals surface area contributed by atoms with Crippen molar-refractivity contribution in [1.29, 1.82) is 0 Å². The third-order valence-corrected chi connectivity index (χ3v) is 7.87. The van der Waals surface area contributed by atoms with Gasteiger partial charge in [0.1, 0.15) is 0 Å². The largest absolute Gasteiger partial charge is 0.501 e. The molecule has 4 aliphatic rings. The SMILES string of the molecule is C=C=C[C@]1(O)CC[C@H]2[C@@H]3CCC4=C(CC=C(OC)C4)[C@H]3CC[C@@]21C. The summed E-state index contributed by atoms with van der Waals surface area (Å²) in [7, 11) is 1.79. The Morgan fingerprint density at radius 2 is 2.17 bits per heavy atom. The summed E-state index contributed by atoms with van der Waals surface area (Å²) in [5.41, 5.74) is 5.54. The lowest BCUT2D eigenvalue weighted by atomic mass is 9.52. The van der Waals surface area contributed by atoms with Crippen molar-refractivity contribution in [3.8, 4) is 0 Å². The van der Waals surface area contributed by atoms with Gasteiger partial charge >= 0.3 is 0 Å². The quantitative estimate of drug-likeness (QED) is 0.577. The smallest absolute Gasteiger partial charge is 0.0959 e. The van der Waals surface area contributed by atoms with Crippen LogP contribution < -0.4 is 0 Å². The molecule has 2 nitrogen and oxygen atoms in total. The lowest BCUT2D eigenvalue weighted by Gasteiger charge is -2.53. The van der Waals surface area contributed by atoms with E-state index in [4.69, 9.17) is 4.74 Å². The van der Waals surface area contributed by atoms with Crippen LogP contribution in [-0.2, 0) is 4.74 Å². The van der Waals surface area contributed by atoms with Crippen molar-refractivity contribution >= 4 is 0 Å². The van der Waals surface area contributed by atoms with E-state index >= 15 is 0 Å². The molecule has 0 saturated heterocycles. The number of hydrogen-bond donors (Lipinski definition) is 1. The molecule has 0 bridgehead atoms. The van der Waals surface area contributed by atoms with Crippen LogP contribution in [0, 0.1) is 23.2 Å². The molecule has 5 atom stereocenters. The number of rotatable bonds is 2. The van der Waals surface area contributed by atoms with Gasteiger partial charge in [-0.05, 0) is 74.9 Å². The fourth-order valence-electron chi connectivity index (χ4n) is 6.50. The van der Waals surface area contributed by atoms with Crippen LogP contribution in [0.5, 0.6) is 0 Å². The Hall–Kier alpha value is -1.24. The first-order valence-corrected chi connectivity index (χ1v) is 9.55. The second-order valence-corrected chi connectivity index (χ2v) is 8.57. The predicted molar refractivity (Wildman–Crippen MR) is 96.3 cm³/mol. The average Bonchev–Trinajstić information content (AvgIpc) is 2.86. The van der Waals surface area contributed by atoms with E-state index < -0.39 is 5.60 Å². The third kappa shape index (κ3) is 2.13. The van der Waals surface area contributed by atoms with Crippen molar-refractivity contribution in [1.82, 2.24) is 0 Å². The molecule has 0 spiro atoms. The van der Waals surface area contributed by atoms with Gasteiger partial charge in [-0.25, -0.2) is 0 Å². The Morgan fingerprint density at radius 1 is 1.33 bits per heavy atom. The van der Waals surface area contributed by atoms with Crippen LogP contribution in [0.3, 0.4) is 0 Å². The van der Waals surface area contributed by atoms with Crippen molar-refractivity contribution in [2.24, 2.45) is 23.2 Å². The zero-order chi connectivity index (χ0) is 16.9. The van der Waals surface area contributed by atoms with Crippen LogP contribution in [0.15, 0.2) is 41.4 Å². The molecule has 2 fully saturated rings. The summed E-state index contributed by atoms with van der Waals surface area (Å²) in [5, 5.41) is 11.2. The van der Waals surface area contributed by atoms with Crippen molar-refractivity contribution in [2.75, 3.05) is 7.11 Å². The van der Waals surface area contributed by atoms with Crippen LogP contribution >= 0.6 is 0 Å². The Bertz CT molecular complexity index is 651. The summed E-state index contributed by atoms with van der Waals surface area (Å²) in [6.07, 6.45) is 13.1. The predicted octanol–water partition coefficient (Wildman–Crippen LogP) is 4.92. The van der Waals surface area contributed by atoms with Gasteiger partial charge in [0.05, 0.1) is 18.5 Å². The highest BCUT2D eigenvalue weighted by molar-refractivity contribution is 5.33. The van der Waals surface area contributed by atoms with Crippen LogP contribution in [0.4, 0.5) is 0 Å². The summed E-state index contributed by atoms with van der Waals surface area (Å²) in [6.45, 7) is 6.04. The lowest BCUT2D eigenvalue weighted by Crippen LogP contribution is -2.50. The van der Waals surface area contributed by atoms with E-state index in [2.05, 4.69) is 25.3 Å². The molecule has 0 aromatic heterocycles. The topological polar surface area (TPSA) is 29.5 Å². The van der Waals surface area contributed by atoms with Crippen molar-refractivity contribution in [3.05, 3.63) is 41.4 Å². The zero-order valence-corrected chi connectivity index (χ0v) is 15.1. The molecule has 4 aliphatic carbocycles. The van der Waals surface area contributed by atoms with Crippen molar-refractivity contribution < 1.29 is 9.84 Å². The van der Waals surface area contributed by atoms with Crippen LogP contribution in [0.1, 0.15) is 58.3 Å². The Kier molecular flexibility index (Phi) is 3.82. The molecule has 1 N–H and O–H groups in total. The minimum atomic E-state index is -0.700.